The van der Waals surface area contributed by atoms with Gasteiger partial charge in [-0.3, -0.25) is 7.91 Å². The minimum atomic E-state index is -0.612. The van der Waals surface area contributed by atoms with Crippen LogP contribution in [0.4, 0.5) is 4.39 Å². The van der Waals surface area contributed by atoms with Crippen molar-refractivity contribution in [3.8, 4) is 0 Å². The molecule has 1 heterocycles. The third-order valence-corrected chi connectivity index (χ3v) is 7.72. The van der Waals surface area contributed by atoms with Gasteiger partial charge in [0.1, 0.15) is 5.82 Å². The first-order chi connectivity index (χ1) is 11.6. The molecule has 1 aliphatic rings. The van der Waals surface area contributed by atoms with Gasteiger partial charge in [-0.15, -0.1) is 0 Å². The summed E-state index contributed by atoms with van der Waals surface area (Å²) in [6.45, 7) is 10.2. The molecule has 1 atom stereocenters. The molecule has 0 spiro atoms. The van der Waals surface area contributed by atoms with Crippen LogP contribution in [0.5, 0.6) is 0 Å². The molecule has 0 radical (unpaired) electrons. The van der Waals surface area contributed by atoms with E-state index in [1.165, 1.54) is 6.07 Å². The van der Waals surface area contributed by atoms with E-state index in [4.69, 9.17) is 0 Å². The summed E-state index contributed by atoms with van der Waals surface area (Å²) < 4.78 is 19.6. The molecule has 1 aromatic carbocycles. The number of carbonyl (C=O) groups excluding carboxylic acids is 1. The predicted molar refractivity (Wildman–Crippen MR) is 116 cm³/mol. The van der Waals surface area contributed by atoms with E-state index < -0.39 is 26.8 Å². The third kappa shape index (κ3) is 4.88. The molecular formula is C20H24BrFINO. The summed E-state index contributed by atoms with van der Waals surface area (Å²) >= 11 is 2.86. The number of fused-ring (bicyclic) bond motifs is 1. The van der Waals surface area contributed by atoms with E-state index in [1.807, 2.05) is 31.2 Å². The van der Waals surface area contributed by atoms with Crippen molar-refractivity contribution in [2.45, 2.75) is 52.5 Å². The van der Waals surface area contributed by atoms with Crippen LogP contribution in [-0.2, 0) is 5.41 Å². The zero-order valence-corrected chi connectivity index (χ0v) is 19.0. The quantitative estimate of drug-likeness (QED) is 0.261. The van der Waals surface area contributed by atoms with Crippen LogP contribution in [0.25, 0.3) is 0 Å². The van der Waals surface area contributed by atoms with Gasteiger partial charge in [-0.05, 0) is 50.5 Å². The van der Waals surface area contributed by atoms with Gasteiger partial charge in [0, 0.05) is 21.0 Å². The summed E-state index contributed by atoms with van der Waals surface area (Å²) in [7, 11) is 0. The van der Waals surface area contributed by atoms with Crippen LogP contribution >= 0.6 is 36.9 Å². The Balaban J connectivity index is 2.31. The molecule has 0 aromatic heterocycles. The number of hydrogen-bond acceptors (Lipinski definition) is 1. The molecule has 0 aliphatic carbocycles. The lowest BCUT2D eigenvalue weighted by Gasteiger charge is -2.28. The fourth-order valence-corrected chi connectivity index (χ4v) is 4.85. The number of hydrogen-bond donors (Lipinski definition) is 0. The zero-order chi connectivity index (χ0) is 18.8. The molecule has 1 aliphatic heterocycles. The Morgan fingerprint density at radius 3 is 2.68 bits per heavy atom. The van der Waals surface area contributed by atoms with Crippen molar-refractivity contribution >= 4 is 46.9 Å². The lowest BCUT2D eigenvalue weighted by atomic mass is 9.85. The summed E-state index contributed by atoms with van der Waals surface area (Å²) in [6, 6.07) is 3.42. The van der Waals surface area contributed by atoms with E-state index in [0.29, 0.717) is 0 Å². The lowest BCUT2D eigenvalue weighted by molar-refractivity contribution is 0.0870. The summed E-state index contributed by atoms with van der Waals surface area (Å²) in [5.74, 6) is -0.610. The third-order valence-electron chi connectivity index (χ3n) is 4.03. The van der Waals surface area contributed by atoms with Crippen molar-refractivity contribution in [3.63, 3.8) is 0 Å². The molecule has 136 valence electrons. The number of amides is 1. The molecule has 0 fully saturated rings. The highest BCUT2D eigenvalue weighted by Gasteiger charge is 2.29. The van der Waals surface area contributed by atoms with Crippen LogP contribution in [0, 0.1) is 5.82 Å². The maximum absolute atomic E-state index is 14.7. The Morgan fingerprint density at radius 1 is 1.40 bits per heavy atom. The van der Waals surface area contributed by atoms with Gasteiger partial charge >= 0.3 is 0 Å². The number of carbonyl (C=O) groups is 1. The van der Waals surface area contributed by atoms with Gasteiger partial charge in [0.15, 0.2) is 0 Å². The van der Waals surface area contributed by atoms with Crippen LogP contribution in [0.3, 0.4) is 0 Å². The lowest BCUT2D eigenvalue weighted by Crippen LogP contribution is -2.33. The monoisotopic (exact) mass is 519 g/mol. The number of benzene rings is 1. The standard InChI is InChI=1S/C20H24BrFINO/c1-6-16(21)9-7-8-13(2)24-19(25)18-14(12-23-24)10-15(11-17(18)22)20(3,4)5/h7-13H,6H2,1-5H3/b8-7-,16-9+/t13-/m1/s1. The minimum Gasteiger partial charge on any atom is -0.279 e. The molecule has 0 saturated heterocycles. The summed E-state index contributed by atoms with van der Waals surface area (Å²) in [6.07, 6.45) is 6.84. The van der Waals surface area contributed by atoms with Gasteiger partial charge in [-0.1, -0.05) is 61.9 Å². The largest absolute Gasteiger partial charge is 0.279 e. The molecule has 0 bridgehead atoms. The predicted octanol–water partition coefficient (Wildman–Crippen LogP) is 6.25. The van der Waals surface area contributed by atoms with Crippen LogP contribution in [0.2, 0.25) is 0 Å². The molecular weight excluding hydrogens is 496 g/mol. The summed E-state index contributed by atoms with van der Waals surface area (Å²) in [5, 5.41) is 0. The maximum atomic E-state index is 14.7. The van der Waals surface area contributed by atoms with Crippen LogP contribution in [0.15, 0.2) is 34.8 Å². The van der Waals surface area contributed by atoms with Gasteiger partial charge < -0.3 is 0 Å². The SMILES string of the molecule is CC/C(Br)=C\C=C/[C@@H](C)N1I=Cc2cc(C(C)(C)C)cc(F)c2C1=O. The van der Waals surface area contributed by atoms with E-state index in [9.17, 15) is 9.18 Å². The normalized spacial score (nSPS) is 16.8. The Kier molecular flexibility index (Phi) is 6.76. The minimum absolute atomic E-state index is 0.0557. The van der Waals surface area contributed by atoms with Crippen molar-refractivity contribution in [2.24, 2.45) is 0 Å². The first-order valence-electron chi connectivity index (χ1n) is 8.32. The van der Waals surface area contributed by atoms with E-state index >= 15 is 0 Å². The molecule has 0 N–H and O–H groups in total. The van der Waals surface area contributed by atoms with Gasteiger partial charge in [0.05, 0.1) is 11.6 Å². The zero-order valence-electron chi connectivity index (χ0n) is 15.2. The second-order valence-corrected chi connectivity index (χ2v) is 10.3. The van der Waals surface area contributed by atoms with Crippen molar-refractivity contribution in [1.82, 2.24) is 3.11 Å². The fourth-order valence-electron chi connectivity index (χ4n) is 2.42. The average molecular weight is 520 g/mol. The first-order valence-corrected chi connectivity index (χ1v) is 11.3. The van der Waals surface area contributed by atoms with Crippen LogP contribution in [-0.4, -0.2) is 19.1 Å². The average Bonchev–Trinajstić information content (AvgIpc) is 2.53. The molecule has 1 amide bonds. The van der Waals surface area contributed by atoms with Gasteiger partial charge in [-0.25, -0.2) is 4.39 Å². The van der Waals surface area contributed by atoms with Gasteiger partial charge in [-0.2, -0.15) is 0 Å². The van der Waals surface area contributed by atoms with E-state index in [-0.39, 0.29) is 22.9 Å². The highest BCUT2D eigenvalue weighted by molar-refractivity contribution is 14.2. The van der Waals surface area contributed by atoms with Crippen molar-refractivity contribution in [2.75, 3.05) is 0 Å². The maximum Gasteiger partial charge on any atom is 0.266 e. The number of halogens is 3. The smallest absolute Gasteiger partial charge is 0.266 e. The topological polar surface area (TPSA) is 20.3 Å². The van der Waals surface area contributed by atoms with Gasteiger partial charge in [0.2, 0.25) is 0 Å². The van der Waals surface area contributed by atoms with Crippen molar-refractivity contribution in [3.05, 3.63) is 57.4 Å². The van der Waals surface area contributed by atoms with Crippen LogP contribution in [0.1, 0.15) is 62.5 Å². The molecule has 0 unspecified atom stereocenters. The highest BCUT2D eigenvalue weighted by atomic mass is 127. The van der Waals surface area contributed by atoms with E-state index in [2.05, 4.69) is 47.6 Å². The molecule has 25 heavy (non-hydrogen) atoms. The van der Waals surface area contributed by atoms with Crippen LogP contribution < -0.4 is 0 Å². The summed E-state index contributed by atoms with van der Waals surface area (Å²) in [5.41, 5.74) is 1.75. The van der Waals surface area contributed by atoms with Gasteiger partial charge in [0.25, 0.3) is 5.91 Å². The molecule has 2 rings (SSSR count). The van der Waals surface area contributed by atoms with Crippen molar-refractivity contribution in [1.29, 1.82) is 0 Å². The first kappa shape index (κ1) is 20.5. The highest BCUT2D eigenvalue weighted by Crippen LogP contribution is 2.32. The van der Waals surface area contributed by atoms with E-state index in [0.717, 1.165) is 22.0 Å². The molecule has 0 saturated carbocycles. The number of rotatable bonds is 4. The second-order valence-electron chi connectivity index (χ2n) is 7.09. The summed E-state index contributed by atoms with van der Waals surface area (Å²) in [4.78, 5) is 12.8. The fraction of sp³-hybridized carbons (Fsp3) is 0.400. The Bertz CT molecular complexity index is 762. The molecule has 2 nitrogen and oxygen atoms in total. The van der Waals surface area contributed by atoms with E-state index in [1.54, 1.807) is 3.11 Å². The molecule has 5 heteroatoms. The second kappa shape index (κ2) is 8.25. The molecule has 1 aromatic rings. The number of nitrogens with zero attached hydrogens (tertiary/aromatic N) is 1. The van der Waals surface area contributed by atoms with Crippen molar-refractivity contribution < 1.29 is 9.18 Å². The Morgan fingerprint density at radius 2 is 2.08 bits per heavy atom. The Hall–Kier alpha value is -0.820. The Labute approximate surface area is 168 Å². The number of allylic oxidation sites excluding steroid dienone is 3.